The van der Waals surface area contributed by atoms with Crippen molar-refractivity contribution < 1.29 is 28.7 Å². The SMILES string of the molecule is COc1ccccc1N1C[C@H](C(=O)Oc2cccc(N3C(=O)[C@H]4CC=C(C)C[C@H]4C3=O)c2)CC1=O. The Morgan fingerprint density at radius 3 is 2.54 bits per heavy atom. The lowest BCUT2D eigenvalue weighted by Crippen LogP contribution is -2.31. The Labute approximate surface area is 203 Å². The van der Waals surface area contributed by atoms with Crippen molar-refractivity contribution in [2.75, 3.05) is 23.5 Å². The predicted octanol–water partition coefficient (Wildman–Crippen LogP) is 3.50. The summed E-state index contributed by atoms with van der Waals surface area (Å²) in [5, 5.41) is 0. The number of hydrogen-bond donors (Lipinski definition) is 0. The number of hydrogen-bond acceptors (Lipinski definition) is 6. The van der Waals surface area contributed by atoms with Crippen molar-refractivity contribution in [3.63, 3.8) is 0 Å². The number of amides is 3. The van der Waals surface area contributed by atoms with E-state index in [1.165, 1.54) is 23.0 Å². The van der Waals surface area contributed by atoms with E-state index in [2.05, 4.69) is 0 Å². The van der Waals surface area contributed by atoms with Gasteiger partial charge in [0, 0.05) is 19.0 Å². The molecule has 2 aliphatic heterocycles. The number of carbonyl (C=O) groups excluding carboxylic acids is 4. The number of nitrogens with zero attached hydrogens (tertiary/aromatic N) is 2. The molecular weight excluding hydrogens is 448 g/mol. The zero-order valence-corrected chi connectivity index (χ0v) is 19.6. The monoisotopic (exact) mass is 474 g/mol. The fraction of sp³-hybridized carbons (Fsp3) is 0.333. The highest BCUT2D eigenvalue weighted by molar-refractivity contribution is 6.22. The molecule has 8 nitrogen and oxygen atoms in total. The standard InChI is InChI=1S/C27H26N2O6/c1-16-10-11-20-21(12-16)26(32)29(25(20)31)18-6-5-7-19(14-18)35-27(33)17-13-24(30)28(15-17)22-8-3-4-9-23(22)34-2/h3-10,14,17,20-21H,11-13,15H2,1-2H3/t17-,20+,21-/m1/s1. The molecular formula is C27H26N2O6. The van der Waals surface area contributed by atoms with Gasteiger partial charge in [0.05, 0.1) is 36.2 Å². The van der Waals surface area contributed by atoms with E-state index in [4.69, 9.17) is 9.47 Å². The Hall–Kier alpha value is -3.94. The molecule has 180 valence electrons. The van der Waals surface area contributed by atoms with Crippen LogP contribution in [0.5, 0.6) is 11.5 Å². The minimum absolute atomic E-state index is 0.0232. The second-order valence-electron chi connectivity index (χ2n) is 9.21. The van der Waals surface area contributed by atoms with Gasteiger partial charge in [-0.3, -0.25) is 19.2 Å². The Bertz CT molecular complexity index is 1250. The third-order valence-electron chi connectivity index (χ3n) is 6.95. The van der Waals surface area contributed by atoms with Crippen LogP contribution in [0, 0.1) is 17.8 Å². The molecule has 0 spiro atoms. The van der Waals surface area contributed by atoms with E-state index in [1.807, 2.05) is 19.1 Å². The number of anilines is 2. The maximum Gasteiger partial charge on any atom is 0.316 e. The van der Waals surface area contributed by atoms with Crippen LogP contribution in [0.2, 0.25) is 0 Å². The van der Waals surface area contributed by atoms with Gasteiger partial charge < -0.3 is 14.4 Å². The molecule has 0 radical (unpaired) electrons. The normalized spacial score (nSPS) is 23.9. The molecule has 0 saturated carbocycles. The lowest BCUT2D eigenvalue weighted by molar-refractivity contribution is -0.139. The first-order valence-electron chi connectivity index (χ1n) is 11.7. The molecule has 3 aliphatic rings. The van der Waals surface area contributed by atoms with E-state index >= 15 is 0 Å². The number of esters is 1. The quantitative estimate of drug-likeness (QED) is 0.285. The molecule has 0 aromatic heterocycles. The van der Waals surface area contributed by atoms with Crippen molar-refractivity contribution in [1.82, 2.24) is 0 Å². The second kappa shape index (κ2) is 9.02. The Balaban J connectivity index is 1.30. The van der Waals surface area contributed by atoms with Gasteiger partial charge >= 0.3 is 5.97 Å². The van der Waals surface area contributed by atoms with E-state index < -0.39 is 11.9 Å². The number of ether oxygens (including phenoxy) is 2. The summed E-state index contributed by atoms with van der Waals surface area (Å²) in [6, 6.07) is 13.6. The zero-order chi connectivity index (χ0) is 24.7. The number of methoxy groups -OCH3 is 1. The van der Waals surface area contributed by atoms with Gasteiger partial charge in [-0.1, -0.05) is 29.8 Å². The number of carbonyl (C=O) groups is 4. The fourth-order valence-electron chi connectivity index (χ4n) is 5.13. The summed E-state index contributed by atoms with van der Waals surface area (Å²) < 4.78 is 10.9. The summed E-state index contributed by atoms with van der Waals surface area (Å²) >= 11 is 0. The molecule has 3 amide bonds. The van der Waals surface area contributed by atoms with Gasteiger partial charge in [-0.05, 0) is 44.0 Å². The molecule has 2 fully saturated rings. The molecule has 2 aromatic rings. The minimum atomic E-state index is -0.650. The van der Waals surface area contributed by atoms with Crippen LogP contribution in [0.25, 0.3) is 0 Å². The highest BCUT2D eigenvalue weighted by Crippen LogP contribution is 2.40. The molecule has 1 aliphatic carbocycles. The van der Waals surface area contributed by atoms with E-state index in [-0.39, 0.29) is 48.3 Å². The number of imide groups is 1. The second-order valence-corrected chi connectivity index (χ2v) is 9.21. The van der Waals surface area contributed by atoms with E-state index in [9.17, 15) is 19.2 Å². The molecule has 8 heteroatoms. The third kappa shape index (κ3) is 4.09. The first-order chi connectivity index (χ1) is 16.9. The van der Waals surface area contributed by atoms with Crippen LogP contribution in [0.4, 0.5) is 11.4 Å². The molecule has 0 N–H and O–H groups in total. The minimum Gasteiger partial charge on any atom is -0.495 e. The number of fused-ring (bicyclic) bond motifs is 1. The van der Waals surface area contributed by atoms with Gasteiger partial charge in [0.2, 0.25) is 17.7 Å². The predicted molar refractivity (Wildman–Crippen MR) is 128 cm³/mol. The molecule has 35 heavy (non-hydrogen) atoms. The average Bonchev–Trinajstić information content (AvgIpc) is 3.36. The maximum atomic E-state index is 13.0. The van der Waals surface area contributed by atoms with Crippen molar-refractivity contribution >= 4 is 35.1 Å². The van der Waals surface area contributed by atoms with Gasteiger partial charge in [0.15, 0.2) is 0 Å². The van der Waals surface area contributed by atoms with Crippen molar-refractivity contribution in [3.05, 3.63) is 60.2 Å². The van der Waals surface area contributed by atoms with Crippen molar-refractivity contribution in [3.8, 4) is 11.5 Å². The number of benzene rings is 2. The van der Waals surface area contributed by atoms with E-state index in [1.54, 1.807) is 36.4 Å². The highest BCUT2D eigenvalue weighted by atomic mass is 16.5. The van der Waals surface area contributed by atoms with Crippen LogP contribution in [0.15, 0.2) is 60.2 Å². The molecule has 5 rings (SSSR count). The van der Waals surface area contributed by atoms with E-state index in [0.717, 1.165) is 5.57 Å². The fourth-order valence-corrected chi connectivity index (χ4v) is 5.13. The van der Waals surface area contributed by atoms with Crippen molar-refractivity contribution in [2.24, 2.45) is 17.8 Å². The lowest BCUT2D eigenvalue weighted by Gasteiger charge is -2.19. The Kier molecular flexibility index (Phi) is 5.88. The lowest BCUT2D eigenvalue weighted by atomic mass is 9.82. The van der Waals surface area contributed by atoms with Gasteiger partial charge in [0.25, 0.3) is 0 Å². The van der Waals surface area contributed by atoms with Crippen LogP contribution in [0.3, 0.4) is 0 Å². The summed E-state index contributed by atoms with van der Waals surface area (Å²) in [7, 11) is 1.53. The van der Waals surface area contributed by atoms with Crippen LogP contribution in [-0.4, -0.2) is 37.3 Å². The topological polar surface area (TPSA) is 93.2 Å². The summed E-state index contributed by atoms with van der Waals surface area (Å²) in [6.07, 6.45) is 3.18. The van der Waals surface area contributed by atoms with Crippen LogP contribution >= 0.6 is 0 Å². The Morgan fingerprint density at radius 1 is 0.971 bits per heavy atom. The Morgan fingerprint density at radius 2 is 1.74 bits per heavy atom. The molecule has 2 aromatic carbocycles. The summed E-state index contributed by atoms with van der Waals surface area (Å²) in [6.45, 7) is 2.15. The van der Waals surface area contributed by atoms with E-state index in [0.29, 0.717) is 30.0 Å². The summed E-state index contributed by atoms with van der Waals surface area (Å²) in [4.78, 5) is 54.3. The van der Waals surface area contributed by atoms with Crippen LogP contribution < -0.4 is 19.3 Å². The largest absolute Gasteiger partial charge is 0.495 e. The summed E-state index contributed by atoms with van der Waals surface area (Å²) in [5.74, 6) is -1.74. The first kappa shape index (κ1) is 22.8. The smallest absolute Gasteiger partial charge is 0.316 e. The van der Waals surface area contributed by atoms with Crippen LogP contribution in [-0.2, 0) is 19.2 Å². The average molecular weight is 475 g/mol. The first-order valence-corrected chi connectivity index (χ1v) is 11.7. The molecule has 0 unspecified atom stereocenters. The highest BCUT2D eigenvalue weighted by Gasteiger charge is 2.48. The molecule has 0 bridgehead atoms. The van der Waals surface area contributed by atoms with Gasteiger partial charge in [0.1, 0.15) is 11.5 Å². The third-order valence-corrected chi connectivity index (χ3v) is 6.95. The molecule has 2 heterocycles. The van der Waals surface area contributed by atoms with Crippen molar-refractivity contribution in [2.45, 2.75) is 26.2 Å². The number of para-hydroxylation sites is 2. The number of allylic oxidation sites excluding steroid dienone is 2. The zero-order valence-electron chi connectivity index (χ0n) is 19.6. The number of rotatable bonds is 5. The van der Waals surface area contributed by atoms with Gasteiger partial charge in [-0.25, -0.2) is 4.90 Å². The maximum absolute atomic E-state index is 13.0. The molecule has 3 atom stereocenters. The summed E-state index contributed by atoms with van der Waals surface area (Å²) in [5.41, 5.74) is 2.11. The van der Waals surface area contributed by atoms with Crippen LogP contribution in [0.1, 0.15) is 26.2 Å². The van der Waals surface area contributed by atoms with Gasteiger partial charge in [-0.15, -0.1) is 0 Å². The van der Waals surface area contributed by atoms with Gasteiger partial charge in [-0.2, -0.15) is 0 Å². The van der Waals surface area contributed by atoms with Crippen molar-refractivity contribution in [1.29, 1.82) is 0 Å². The molecule has 2 saturated heterocycles.